The normalized spacial score (nSPS) is 12.4. The van der Waals surface area contributed by atoms with Gasteiger partial charge in [0.05, 0.1) is 6.04 Å². The van der Waals surface area contributed by atoms with Crippen LogP contribution in [0.3, 0.4) is 0 Å². The number of nitrogens with two attached hydrogens (primary N) is 1. The average Bonchev–Trinajstić information content (AvgIpc) is 2.85. The molecule has 0 radical (unpaired) electrons. The summed E-state index contributed by atoms with van der Waals surface area (Å²) in [6.07, 6.45) is 1.55. The van der Waals surface area contributed by atoms with Gasteiger partial charge in [-0.25, -0.2) is 0 Å². The number of anilines is 1. The molecule has 0 amide bonds. The van der Waals surface area contributed by atoms with E-state index in [2.05, 4.69) is 53.6 Å². The lowest BCUT2D eigenvalue weighted by atomic mass is 10.0. The van der Waals surface area contributed by atoms with Crippen LogP contribution < -0.4 is 11.1 Å². The maximum atomic E-state index is 5.49. The average molecular weight is 260 g/mol. The van der Waals surface area contributed by atoms with Crippen LogP contribution in [0.4, 0.5) is 6.01 Å². The van der Waals surface area contributed by atoms with Gasteiger partial charge in [0, 0.05) is 13.0 Å². The summed E-state index contributed by atoms with van der Waals surface area (Å²) in [5, 5.41) is 11.2. The number of aryl methyl sites for hydroxylation is 1. The molecule has 0 saturated carbocycles. The van der Waals surface area contributed by atoms with Crippen molar-refractivity contribution in [2.75, 3.05) is 11.9 Å². The lowest BCUT2D eigenvalue weighted by Crippen LogP contribution is -2.09. The van der Waals surface area contributed by atoms with Crippen LogP contribution in [0.25, 0.3) is 0 Å². The van der Waals surface area contributed by atoms with E-state index in [0.29, 0.717) is 24.9 Å². The van der Waals surface area contributed by atoms with Gasteiger partial charge in [0.25, 0.3) is 0 Å². The van der Waals surface area contributed by atoms with Crippen molar-refractivity contribution in [1.82, 2.24) is 10.2 Å². The summed E-state index contributed by atoms with van der Waals surface area (Å²) in [6, 6.07) is 9.07. The largest absolute Gasteiger partial charge is 0.408 e. The maximum absolute atomic E-state index is 5.49. The van der Waals surface area contributed by atoms with Gasteiger partial charge in [0.15, 0.2) is 0 Å². The van der Waals surface area contributed by atoms with E-state index in [1.807, 2.05) is 0 Å². The SMILES string of the molecule is CCC(Nc1nnc(CCN)o1)c1ccc(C)cc1. The van der Waals surface area contributed by atoms with Crippen molar-refractivity contribution in [3.05, 3.63) is 41.3 Å². The summed E-state index contributed by atoms with van der Waals surface area (Å²) in [7, 11) is 0. The summed E-state index contributed by atoms with van der Waals surface area (Å²) < 4.78 is 5.49. The summed E-state index contributed by atoms with van der Waals surface area (Å²) in [5.41, 5.74) is 7.92. The minimum Gasteiger partial charge on any atom is -0.408 e. The first-order chi connectivity index (χ1) is 9.22. The zero-order valence-corrected chi connectivity index (χ0v) is 11.4. The maximum Gasteiger partial charge on any atom is 0.315 e. The van der Waals surface area contributed by atoms with Crippen molar-refractivity contribution in [3.63, 3.8) is 0 Å². The summed E-state index contributed by atoms with van der Waals surface area (Å²) in [6.45, 7) is 4.71. The molecule has 1 atom stereocenters. The molecule has 0 spiro atoms. The highest BCUT2D eigenvalue weighted by Crippen LogP contribution is 2.22. The van der Waals surface area contributed by atoms with Crippen LogP contribution in [-0.4, -0.2) is 16.7 Å². The lowest BCUT2D eigenvalue weighted by Gasteiger charge is -2.15. The van der Waals surface area contributed by atoms with Crippen molar-refractivity contribution in [2.24, 2.45) is 5.73 Å². The van der Waals surface area contributed by atoms with Gasteiger partial charge in [-0.1, -0.05) is 41.9 Å². The van der Waals surface area contributed by atoms with Gasteiger partial charge < -0.3 is 15.5 Å². The fourth-order valence-corrected chi connectivity index (χ4v) is 1.91. The van der Waals surface area contributed by atoms with E-state index in [9.17, 15) is 0 Å². The number of rotatable bonds is 6. The van der Waals surface area contributed by atoms with Crippen molar-refractivity contribution >= 4 is 6.01 Å². The van der Waals surface area contributed by atoms with E-state index in [-0.39, 0.29) is 6.04 Å². The Hall–Kier alpha value is -1.88. The Balaban J connectivity index is 2.07. The van der Waals surface area contributed by atoms with Crippen molar-refractivity contribution < 1.29 is 4.42 Å². The number of hydrogen-bond acceptors (Lipinski definition) is 5. The predicted molar refractivity (Wildman–Crippen MR) is 74.9 cm³/mol. The summed E-state index contributed by atoms with van der Waals surface area (Å²) >= 11 is 0. The van der Waals surface area contributed by atoms with Gasteiger partial charge in [0.2, 0.25) is 5.89 Å². The molecule has 0 aliphatic heterocycles. The third-order valence-electron chi connectivity index (χ3n) is 3.01. The first-order valence-electron chi connectivity index (χ1n) is 6.58. The fraction of sp³-hybridized carbons (Fsp3) is 0.429. The van der Waals surface area contributed by atoms with E-state index < -0.39 is 0 Å². The highest BCUT2D eigenvalue weighted by atomic mass is 16.4. The second-order valence-electron chi connectivity index (χ2n) is 4.56. The molecule has 102 valence electrons. The molecule has 2 aromatic rings. The number of nitrogens with one attached hydrogen (secondary N) is 1. The first-order valence-corrected chi connectivity index (χ1v) is 6.58. The highest BCUT2D eigenvalue weighted by Gasteiger charge is 2.13. The minimum atomic E-state index is 0.173. The Labute approximate surface area is 113 Å². The molecule has 2 rings (SSSR count). The van der Waals surface area contributed by atoms with Gasteiger partial charge in [0.1, 0.15) is 0 Å². The fourth-order valence-electron chi connectivity index (χ4n) is 1.91. The van der Waals surface area contributed by atoms with E-state index >= 15 is 0 Å². The Morgan fingerprint density at radius 2 is 2.00 bits per heavy atom. The molecule has 1 heterocycles. The van der Waals surface area contributed by atoms with Gasteiger partial charge in [-0.15, -0.1) is 5.10 Å². The molecule has 0 saturated heterocycles. The van der Waals surface area contributed by atoms with Crippen LogP contribution >= 0.6 is 0 Å². The standard InChI is InChI=1S/C14H20N4O/c1-3-12(11-6-4-10(2)5-7-11)16-14-18-17-13(19-14)8-9-15/h4-7,12H,3,8-9,15H2,1-2H3,(H,16,18). The number of aromatic nitrogens is 2. The van der Waals surface area contributed by atoms with Gasteiger partial charge >= 0.3 is 6.01 Å². The third-order valence-corrected chi connectivity index (χ3v) is 3.01. The quantitative estimate of drug-likeness (QED) is 0.834. The van der Waals surface area contributed by atoms with Gasteiger partial charge in [-0.3, -0.25) is 0 Å². The molecule has 0 aliphatic carbocycles. The second-order valence-corrected chi connectivity index (χ2v) is 4.56. The van der Waals surface area contributed by atoms with E-state index in [1.165, 1.54) is 11.1 Å². The minimum absolute atomic E-state index is 0.173. The zero-order chi connectivity index (χ0) is 13.7. The molecule has 0 aliphatic rings. The molecule has 1 aromatic carbocycles. The zero-order valence-electron chi connectivity index (χ0n) is 11.4. The second kappa shape index (κ2) is 6.33. The van der Waals surface area contributed by atoms with Crippen LogP contribution in [0.2, 0.25) is 0 Å². The number of nitrogens with zero attached hydrogens (tertiary/aromatic N) is 2. The van der Waals surface area contributed by atoms with Crippen LogP contribution in [0, 0.1) is 6.92 Å². The van der Waals surface area contributed by atoms with Crippen LogP contribution in [0.1, 0.15) is 36.4 Å². The van der Waals surface area contributed by atoms with E-state index in [0.717, 1.165) is 6.42 Å². The third kappa shape index (κ3) is 3.54. The Morgan fingerprint density at radius 3 is 2.63 bits per heavy atom. The molecular weight excluding hydrogens is 240 g/mol. The number of hydrogen-bond donors (Lipinski definition) is 2. The van der Waals surface area contributed by atoms with Crippen LogP contribution in [0.5, 0.6) is 0 Å². The molecule has 0 fully saturated rings. The Kier molecular flexibility index (Phi) is 4.52. The topological polar surface area (TPSA) is 77.0 Å². The highest BCUT2D eigenvalue weighted by molar-refractivity contribution is 5.30. The van der Waals surface area contributed by atoms with Crippen molar-refractivity contribution in [3.8, 4) is 0 Å². The molecule has 5 heteroatoms. The summed E-state index contributed by atoms with van der Waals surface area (Å²) in [4.78, 5) is 0. The monoisotopic (exact) mass is 260 g/mol. The smallest absolute Gasteiger partial charge is 0.315 e. The van der Waals surface area contributed by atoms with Gasteiger partial charge in [-0.05, 0) is 18.9 Å². The molecular formula is C14H20N4O. The summed E-state index contributed by atoms with van der Waals surface area (Å²) in [5.74, 6) is 0.573. The van der Waals surface area contributed by atoms with Crippen molar-refractivity contribution in [1.29, 1.82) is 0 Å². The number of benzene rings is 1. The molecule has 1 aromatic heterocycles. The van der Waals surface area contributed by atoms with Gasteiger partial charge in [-0.2, -0.15) is 0 Å². The van der Waals surface area contributed by atoms with Crippen LogP contribution in [-0.2, 0) is 6.42 Å². The first kappa shape index (κ1) is 13.5. The molecule has 0 bridgehead atoms. The Bertz CT molecular complexity index is 506. The molecule has 1 unspecified atom stereocenters. The van der Waals surface area contributed by atoms with E-state index in [4.69, 9.17) is 10.2 Å². The molecule has 19 heavy (non-hydrogen) atoms. The lowest BCUT2D eigenvalue weighted by molar-refractivity contribution is 0.498. The van der Waals surface area contributed by atoms with Crippen molar-refractivity contribution in [2.45, 2.75) is 32.7 Å². The van der Waals surface area contributed by atoms with E-state index in [1.54, 1.807) is 0 Å². The molecule has 3 N–H and O–H groups in total. The van der Waals surface area contributed by atoms with Crippen LogP contribution in [0.15, 0.2) is 28.7 Å². The predicted octanol–water partition coefficient (Wildman–Crippen LogP) is 2.44. The molecule has 5 nitrogen and oxygen atoms in total. The Morgan fingerprint density at radius 1 is 1.26 bits per heavy atom.